The number of aliphatic hydroxyl groups excluding tert-OH is 1. The molecule has 6 rings (SSSR count). The van der Waals surface area contributed by atoms with E-state index in [1.807, 2.05) is 9.80 Å². The summed E-state index contributed by atoms with van der Waals surface area (Å²) in [5.41, 5.74) is 1.47. The van der Waals surface area contributed by atoms with E-state index in [1.165, 1.54) is 23.1 Å². The van der Waals surface area contributed by atoms with Gasteiger partial charge in [-0.1, -0.05) is 6.07 Å². The zero-order chi connectivity index (χ0) is 27.7. The Morgan fingerprint density at radius 1 is 1.15 bits per heavy atom. The monoisotopic (exact) mass is 552 g/mol. The smallest absolute Gasteiger partial charge is 0.408 e. The molecule has 3 aliphatic heterocycles. The molecule has 2 saturated heterocycles. The second-order valence-corrected chi connectivity index (χ2v) is 11.2. The molecule has 1 unspecified atom stereocenters. The van der Waals surface area contributed by atoms with Crippen LogP contribution in [0.1, 0.15) is 29.7 Å². The van der Waals surface area contributed by atoms with Crippen molar-refractivity contribution in [2.45, 2.75) is 31.4 Å². The highest BCUT2D eigenvalue weighted by Gasteiger charge is 2.51. The molecule has 0 amide bonds. The summed E-state index contributed by atoms with van der Waals surface area (Å²) in [6.45, 7) is 1.96. The molecule has 12 heteroatoms. The third-order valence-electron chi connectivity index (χ3n) is 8.34. The molecule has 4 heterocycles. The molecule has 210 valence electrons. The standard InChI is InChI=1S/C27H29F5N4O3/c1-15-6-18-17(2-3-21-24(18)39-25(38)33-21)23(36(15)13-27(31,32)14-37)22-19(29)7-16(8-20(22)30)35-11-26(12-35)9-34(10-26)5-4-28/h2-3,7-8,15,23,37H,4-6,9-14H2,1H3,(H,33,38)/t15-,23?/m1/s1. The minimum atomic E-state index is -3.51. The summed E-state index contributed by atoms with van der Waals surface area (Å²) in [5, 5.41) is 9.26. The summed E-state index contributed by atoms with van der Waals surface area (Å²) in [7, 11) is 0. The van der Waals surface area contributed by atoms with Crippen molar-refractivity contribution in [3.05, 3.63) is 63.1 Å². The molecule has 1 spiro atoms. The van der Waals surface area contributed by atoms with Gasteiger partial charge in [-0.25, -0.2) is 26.7 Å². The highest BCUT2D eigenvalue weighted by atomic mass is 19.3. The average Bonchev–Trinajstić information content (AvgIpc) is 3.21. The molecule has 0 aliphatic carbocycles. The van der Waals surface area contributed by atoms with Gasteiger partial charge >= 0.3 is 5.76 Å². The first-order valence-corrected chi connectivity index (χ1v) is 12.9. The molecule has 1 aromatic heterocycles. The highest BCUT2D eigenvalue weighted by Crippen LogP contribution is 2.46. The zero-order valence-corrected chi connectivity index (χ0v) is 21.3. The molecular formula is C27H29F5N4O3. The molecule has 3 aromatic rings. The Balaban J connectivity index is 1.38. The lowest BCUT2D eigenvalue weighted by atomic mass is 9.72. The lowest BCUT2D eigenvalue weighted by molar-refractivity contribution is -0.0866. The maximum Gasteiger partial charge on any atom is 0.417 e. The van der Waals surface area contributed by atoms with Gasteiger partial charge in [0.25, 0.3) is 5.92 Å². The zero-order valence-electron chi connectivity index (χ0n) is 21.3. The van der Waals surface area contributed by atoms with Crippen molar-refractivity contribution in [3.8, 4) is 0 Å². The third-order valence-corrected chi connectivity index (χ3v) is 8.34. The van der Waals surface area contributed by atoms with E-state index in [4.69, 9.17) is 4.42 Å². The van der Waals surface area contributed by atoms with Gasteiger partial charge in [0.1, 0.15) is 24.9 Å². The lowest BCUT2D eigenvalue weighted by Gasteiger charge is -2.61. The van der Waals surface area contributed by atoms with Crippen molar-refractivity contribution in [1.29, 1.82) is 0 Å². The predicted octanol–water partition coefficient (Wildman–Crippen LogP) is 3.45. The van der Waals surface area contributed by atoms with Gasteiger partial charge in [-0.15, -0.1) is 0 Å². The summed E-state index contributed by atoms with van der Waals surface area (Å²) in [6, 6.07) is 3.67. The van der Waals surface area contributed by atoms with Crippen molar-refractivity contribution in [2.24, 2.45) is 5.41 Å². The number of nitrogens with one attached hydrogen (secondary N) is 1. The first kappa shape index (κ1) is 26.3. The number of likely N-dealkylation sites (tertiary alicyclic amines) is 1. The van der Waals surface area contributed by atoms with Crippen LogP contribution in [0, 0.1) is 17.0 Å². The molecule has 2 atom stereocenters. The summed E-state index contributed by atoms with van der Waals surface area (Å²) in [5.74, 6) is -5.95. The summed E-state index contributed by atoms with van der Waals surface area (Å²) >= 11 is 0. The Bertz CT molecular complexity index is 1440. The molecule has 0 saturated carbocycles. The van der Waals surface area contributed by atoms with Crippen LogP contribution in [0.15, 0.2) is 33.5 Å². The van der Waals surface area contributed by atoms with Crippen molar-refractivity contribution in [3.63, 3.8) is 0 Å². The second-order valence-electron chi connectivity index (χ2n) is 11.2. The number of halogens is 5. The first-order chi connectivity index (χ1) is 18.5. The topological polar surface area (TPSA) is 76.0 Å². The highest BCUT2D eigenvalue weighted by molar-refractivity contribution is 5.78. The van der Waals surface area contributed by atoms with Crippen molar-refractivity contribution < 1.29 is 31.5 Å². The van der Waals surface area contributed by atoms with Gasteiger partial charge in [0, 0.05) is 61.0 Å². The molecule has 2 fully saturated rings. The van der Waals surface area contributed by atoms with Gasteiger partial charge in [-0.2, -0.15) is 0 Å². The predicted molar refractivity (Wildman–Crippen MR) is 134 cm³/mol. The van der Waals surface area contributed by atoms with Crippen molar-refractivity contribution in [2.75, 3.05) is 57.4 Å². The van der Waals surface area contributed by atoms with Crippen LogP contribution in [-0.4, -0.2) is 84.4 Å². The molecule has 2 N–H and O–H groups in total. The second kappa shape index (κ2) is 9.31. The number of hydrogen-bond donors (Lipinski definition) is 2. The minimum Gasteiger partial charge on any atom is -0.408 e. The molecule has 7 nitrogen and oxygen atoms in total. The van der Waals surface area contributed by atoms with E-state index in [2.05, 4.69) is 4.98 Å². The molecule has 3 aliphatic rings. The van der Waals surface area contributed by atoms with Crippen LogP contribution in [0.4, 0.5) is 27.6 Å². The van der Waals surface area contributed by atoms with E-state index >= 15 is 8.78 Å². The number of aliphatic hydroxyl groups is 1. The maximum atomic E-state index is 15.8. The summed E-state index contributed by atoms with van der Waals surface area (Å²) in [6.07, 6.45) is 0.197. The number of aromatic amines is 1. The van der Waals surface area contributed by atoms with Crippen LogP contribution in [0.2, 0.25) is 0 Å². The van der Waals surface area contributed by atoms with Crippen LogP contribution in [0.3, 0.4) is 0 Å². The number of fused-ring (bicyclic) bond motifs is 3. The third kappa shape index (κ3) is 4.42. The van der Waals surface area contributed by atoms with Gasteiger partial charge in [0.15, 0.2) is 5.58 Å². The van der Waals surface area contributed by atoms with Gasteiger partial charge < -0.3 is 14.4 Å². The van der Waals surface area contributed by atoms with Gasteiger partial charge in [0.2, 0.25) is 0 Å². The Hall–Kier alpha value is -2.96. The van der Waals surface area contributed by atoms with E-state index < -0.39 is 55.2 Å². The number of aromatic nitrogens is 1. The van der Waals surface area contributed by atoms with Crippen molar-refractivity contribution in [1.82, 2.24) is 14.8 Å². The summed E-state index contributed by atoms with van der Waals surface area (Å²) < 4.78 is 78.5. The van der Waals surface area contributed by atoms with Crippen molar-refractivity contribution >= 4 is 16.8 Å². The average molecular weight is 553 g/mol. The summed E-state index contributed by atoms with van der Waals surface area (Å²) in [4.78, 5) is 19.6. The fraction of sp³-hybridized carbons (Fsp3) is 0.519. The number of oxazole rings is 1. The van der Waals surface area contributed by atoms with Crippen LogP contribution < -0.4 is 10.7 Å². The number of nitrogens with zero attached hydrogens (tertiary/aromatic N) is 3. The number of anilines is 1. The normalized spacial score (nSPS) is 23.2. The SMILES string of the molecule is C[C@@H]1Cc2c(ccc3[nH]c(=O)oc23)C(c2c(F)cc(N3CC4(CN(CCF)C4)C3)cc2F)N1CC(F)(F)CO. The number of hydrogen-bond acceptors (Lipinski definition) is 6. The number of alkyl halides is 3. The molecule has 39 heavy (non-hydrogen) atoms. The molecule has 0 bridgehead atoms. The largest absolute Gasteiger partial charge is 0.417 e. The maximum absolute atomic E-state index is 15.8. The van der Waals surface area contributed by atoms with Gasteiger partial charge in [0.05, 0.1) is 18.1 Å². The van der Waals surface area contributed by atoms with Gasteiger partial charge in [-0.05, 0) is 37.1 Å². The van der Waals surface area contributed by atoms with E-state index in [9.17, 15) is 23.1 Å². The Morgan fingerprint density at radius 3 is 2.49 bits per heavy atom. The van der Waals surface area contributed by atoms with E-state index in [0.717, 1.165) is 13.1 Å². The van der Waals surface area contributed by atoms with Gasteiger partial charge in [-0.3, -0.25) is 14.8 Å². The fourth-order valence-electron chi connectivity index (χ4n) is 6.63. The van der Waals surface area contributed by atoms with Crippen LogP contribution in [-0.2, 0) is 6.42 Å². The Morgan fingerprint density at radius 2 is 1.85 bits per heavy atom. The Kier molecular flexibility index (Phi) is 6.27. The number of H-pyrrole nitrogens is 1. The van der Waals surface area contributed by atoms with E-state index in [-0.39, 0.29) is 23.0 Å². The molecule has 2 aromatic carbocycles. The minimum absolute atomic E-state index is 0.00292. The fourth-order valence-corrected chi connectivity index (χ4v) is 6.63. The molecular weight excluding hydrogens is 523 g/mol. The first-order valence-electron chi connectivity index (χ1n) is 12.9. The quantitative estimate of drug-likeness (QED) is 0.438. The lowest BCUT2D eigenvalue weighted by Crippen LogP contribution is -2.72. The number of benzene rings is 2. The van der Waals surface area contributed by atoms with E-state index in [1.54, 1.807) is 13.0 Å². The molecule has 0 radical (unpaired) electrons. The Labute approximate surface area is 220 Å². The van der Waals surface area contributed by atoms with Crippen LogP contribution in [0.25, 0.3) is 11.1 Å². The van der Waals surface area contributed by atoms with E-state index in [0.29, 0.717) is 42.0 Å². The number of rotatable bonds is 7. The van der Waals surface area contributed by atoms with Crippen LogP contribution >= 0.6 is 0 Å². The van der Waals surface area contributed by atoms with Crippen LogP contribution in [0.5, 0.6) is 0 Å².